The van der Waals surface area contributed by atoms with Crippen LogP contribution in [0.4, 0.5) is 5.69 Å². The molecule has 6 rings (SSSR count). The second-order valence-corrected chi connectivity index (χ2v) is 10.9. The van der Waals surface area contributed by atoms with Gasteiger partial charge < -0.3 is 34.2 Å². The number of nitrogens with zero attached hydrogens (tertiary/aromatic N) is 2. The Balaban J connectivity index is 0.979. The van der Waals surface area contributed by atoms with E-state index in [1.807, 2.05) is 12.1 Å². The summed E-state index contributed by atoms with van der Waals surface area (Å²) in [6.45, 7) is 4.52. The zero-order valence-electron chi connectivity index (χ0n) is 24.4. The van der Waals surface area contributed by atoms with Crippen molar-refractivity contribution in [1.29, 1.82) is 0 Å². The Hall–Kier alpha value is -4.15. The minimum absolute atomic E-state index is 0.0241. The van der Waals surface area contributed by atoms with Gasteiger partial charge in [0.25, 0.3) is 5.52 Å². The van der Waals surface area contributed by atoms with E-state index in [1.54, 1.807) is 0 Å². The Kier molecular flexibility index (Phi) is 9.34. The molecule has 0 saturated carbocycles. The second-order valence-electron chi connectivity index (χ2n) is 10.9. The third-order valence-corrected chi connectivity index (χ3v) is 8.06. The summed E-state index contributed by atoms with van der Waals surface area (Å²) in [5, 5.41) is 5.44. The molecule has 2 amide bonds. The number of amides is 2. The van der Waals surface area contributed by atoms with E-state index in [1.165, 1.54) is 5.57 Å². The molecule has 0 radical (unpaired) electrons. The molecule has 3 aliphatic heterocycles. The number of rotatable bonds is 16. The summed E-state index contributed by atoms with van der Waals surface area (Å²) in [6.07, 6.45) is 9.20. The van der Waals surface area contributed by atoms with Crippen molar-refractivity contribution in [3.63, 3.8) is 0 Å². The minimum Gasteiger partial charge on any atom is -0.484 e. The van der Waals surface area contributed by atoms with Crippen LogP contribution in [0.3, 0.4) is 0 Å². The molecule has 1 atom stereocenters. The number of unbranched alkanes of at least 4 members (excludes halogenated alkanes) is 2. The lowest BCUT2D eigenvalue weighted by Gasteiger charge is -2.35. The monoisotopic (exact) mass is 587 g/mol. The van der Waals surface area contributed by atoms with Gasteiger partial charge in [-0.1, -0.05) is 24.6 Å². The van der Waals surface area contributed by atoms with Gasteiger partial charge in [0.05, 0.1) is 32.1 Å². The van der Waals surface area contributed by atoms with Gasteiger partial charge in [0.1, 0.15) is 17.4 Å². The van der Waals surface area contributed by atoms with E-state index >= 15 is 0 Å². The van der Waals surface area contributed by atoms with Crippen molar-refractivity contribution >= 4 is 40.3 Å². The smallest absolute Gasteiger partial charge is 0.381 e. The maximum absolute atomic E-state index is 12.2. The molecule has 1 unspecified atom stereocenters. The highest BCUT2D eigenvalue weighted by atomic mass is 16.5. The lowest BCUT2D eigenvalue weighted by atomic mass is 9.87. The lowest BCUT2D eigenvalue weighted by molar-refractivity contribution is -0.683. The number of fused-ring (bicyclic) bond motifs is 5. The van der Waals surface area contributed by atoms with Crippen molar-refractivity contribution in [2.24, 2.45) is 0 Å². The van der Waals surface area contributed by atoms with Crippen molar-refractivity contribution < 1.29 is 32.8 Å². The summed E-state index contributed by atoms with van der Waals surface area (Å²) in [6, 6.07) is 14.5. The maximum Gasteiger partial charge on any atom is 0.381 e. The molecule has 3 aromatic rings. The van der Waals surface area contributed by atoms with E-state index in [0.717, 1.165) is 78.3 Å². The highest BCUT2D eigenvalue weighted by Crippen LogP contribution is 2.49. The van der Waals surface area contributed by atoms with Crippen molar-refractivity contribution in [3.8, 4) is 5.75 Å². The van der Waals surface area contributed by atoms with Crippen LogP contribution in [0.2, 0.25) is 0 Å². The molecular formula is C33H39N4O6+. The Morgan fingerprint density at radius 1 is 1.02 bits per heavy atom. The quantitative estimate of drug-likeness (QED) is 0.150. The van der Waals surface area contributed by atoms with Crippen LogP contribution in [0.25, 0.3) is 22.2 Å². The summed E-state index contributed by atoms with van der Waals surface area (Å²) in [4.78, 5) is 24.6. The zero-order chi connectivity index (χ0) is 29.4. The molecular weight excluding hydrogens is 548 g/mol. The van der Waals surface area contributed by atoms with Gasteiger partial charge in [0.2, 0.25) is 17.9 Å². The number of aromatic nitrogens is 1. The first kappa shape index (κ1) is 28.9. The predicted molar refractivity (Wildman–Crippen MR) is 162 cm³/mol. The molecule has 1 aromatic heterocycles. The summed E-state index contributed by atoms with van der Waals surface area (Å²) >= 11 is 0. The van der Waals surface area contributed by atoms with Crippen LogP contribution in [-0.2, 0) is 25.6 Å². The third kappa shape index (κ3) is 6.45. The summed E-state index contributed by atoms with van der Waals surface area (Å²) in [5.41, 5.74) is 6.62. The SMILES string of the molecule is O=CNCCOCCOCCNC(=O)CCCCCN1C=CC2=C3c4oc5ccccc5[n+]4CCC3Oc3cccc1c32. The average molecular weight is 588 g/mol. The molecule has 0 aliphatic carbocycles. The first-order valence-corrected chi connectivity index (χ1v) is 15.2. The van der Waals surface area contributed by atoms with Gasteiger partial charge in [-0.3, -0.25) is 9.59 Å². The largest absolute Gasteiger partial charge is 0.484 e. The number of anilines is 1. The van der Waals surface area contributed by atoms with E-state index in [4.69, 9.17) is 18.6 Å². The number of aryl methyl sites for hydroxylation is 1. The third-order valence-electron chi connectivity index (χ3n) is 8.06. The highest BCUT2D eigenvalue weighted by Gasteiger charge is 2.43. The Morgan fingerprint density at radius 3 is 2.77 bits per heavy atom. The fraction of sp³-hybridized carbons (Fsp3) is 0.424. The molecule has 10 heteroatoms. The number of para-hydroxylation sites is 2. The van der Waals surface area contributed by atoms with Gasteiger partial charge in [0.15, 0.2) is 6.54 Å². The number of nitrogens with one attached hydrogen (secondary N) is 2. The van der Waals surface area contributed by atoms with Gasteiger partial charge in [-0.15, -0.1) is 0 Å². The fourth-order valence-corrected chi connectivity index (χ4v) is 6.03. The van der Waals surface area contributed by atoms with E-state index in [2.05, 4.69) is 62.7 Å². The predicted octanol–water partition coefficient (Wildman–Crippen LogP) is 3.59. The highest BCUT2D eigenvalue weighted by molar-refractivity contribution is 6.03. The molecule has 0 spiro atoms. The van der Waals surface area contributed by atoms with E-state index < -0.39 is 0 Å². The standard InChI is InChI=1S/C33H38N4O6/c38-23-34-14-19-40-21-22-41-20-15-35-30(39)11-2-1-5-16-36-17-12-24-31-26(36)8-6-10-28(31)42-29-13-18-37-25-7-3-4-9-27(25)43-33(37)32(24)29/h3-4,6-10,12,17,23,29H,1-2,5,11,13-16,18-22H2,(H-,34,35,38,39)/p+1. The van der Waals surface area contributed by atoms with Crippen molar-refractivity contribution in [1.82, 2.24) is 10.6 Å². The molecule has 2 N–H and O–H groups in total. The van der Waals surface area contributed by atoms with Crippen LogP contribution in [-0.4, -0.2) is 64.5 Å². The fourth-order valence-electron chi connectivity index (χ4n) is 6.03. The summed E-state index contributed by atoms with van der Waals surface area (Å²) < 4.78 is 26.0. The number of oxazole rings is 1. The van der Waals surface area contributed by atoms with E-state index in [-0.39, 0.29) is 12.0 Å². The number of hydrogen-bond acceptors (Lipinski definition) is 7. The molecule has 10 nitrogen and oxygen atoms in total. The van der Waals surface area contributed by atoms with Crippen LogP contribution >= 0.6 is 0 Å². The van der Waals surface area contributed by atoms with E-state index in [9.17, 15) is 9.59 Å². The van der Waals surface area contributed by atoms with Gasteiger partial charge in [-0.2, -0.15) is 4.57 Å². The first-order chi connectivity index (χ1) is 21.2. The van der Waals surface area contributed by atoms with Crippen molar-refractivity contribution in [2.75, 3.05) is 51.0 Å². The molecule has 226 valence electrons. The topological polar surface area (TPSA) is 106 Å². The van der Waals surface area contributed by atoms with Crippen molar-refractivity contribution in [3.05, 3.63) is 66.2 Å². The summed E-state index contributed by atoms with van der Waals surface area (Å²) in [7, 11) is 0. The van der Waals surface area contributed by atoms with Crippen LogP contribution in [0, 0.1) is 0 Å². The van der Waals surface area contributed by atoms with Crippen LogP contribution < -0.4 is 24.8 Å². The Labute approximate surface area is 251 Å². The molecule has 0 saturated heterocycles. The maximum atomic E-state index is 12.2. The van der Waals surface area contributed by atoms with E-state index in [0.29, 0.717) is 52.3 Å². The first-order valence-electron chi connectivity index (χ1n) is 15.2. The molecule has 0 bridgehead atoms. The summed E-state index contributed by atoms with van der Waals surface area (Å²) in [5.74, 6) is 1.87. The van der Waals surface area contributed by atoms with Gasteiger partial charge in [0, 0.05) is 55.9 Å². The Bertz CT molecular complexity index is 1510. The number of carbonyl (C=O) groups excluding carboxylic acids is 2. The Morgan fingerprint density at radius 2 is 1.88 bits per heavy atom. The number of carbonyl (C=O) groups is 2. The van der Waals surface area contributed by atoms with Crippen LogP contribution in [0.15, 0.2) is 59.2 Å². The molecule has 3 aliphatic rings. The van der Waals surface area contributed by atoms with Crippen LogP contribution in [0.1, 0.15) is 43.6 Å². The molecule has 2 aromatic carbocycles. The molecule has 0 fully saturated rings. The van der Waals surface area contributed by atoms with Gasteiger partial charge in [-0.25, -0.2) is 0 Å². The van der Waals surface area contributed by atoms with Crippen molar-refractivity contribution in [2.45, 2.75) is 44.8 Å². The normalized spacial score (nSPS) is 16.4. The number of allylic oxidation sites excluding steroid dienone is 2. The second kappa shape index (κ2) is 13.9. The number of hydrogen-bond donors (Lipinski definition) is 2. The van der Waals surface area contributed by atoms with Gasteiger partial charge in [-0.05, 0) is 37.1 Å². The number of ether oxygens (including phenoxy) is 3. The average Bonchev–Trinajstić information content (AvgIpc) is 3.41. The zero-order valence-corrected chi connectivity index (χ0v) is 24.4. The minimum atomic E-state index is -0.0241. The lowest BCUT2D eigenvalue weighted by Crippen LogP contribution is -2.46. The molecule has 4 heterocycles. The van der Waals surface area contributed by atoms with Crippen LogP contribution in [0.5, 0.6) is 5.75 Å². The molecule has 43 heavy (non-hydrogen) atoms. The number of benzene rings is 2. The van der Waals surface area contributed by atoms with Gasteiger partial charge >= 0.3 is 5.89 Å².